The minimum absolute atomic E-state index is 0.00315. The number of rotatable bonds is 6. The van der Waals surface area contributed by atoms with Gasteiger partial charge < -0.3 is 14.6 Å². The molecule has 238 valence electrons. The van der Waals surface area contributed by atoms with Gasteiger partial charge in [-0.25, -0.2) is 0 Å². The van der Waals surface area contributed by atoms with E-state index in [2.05, 4.69) is 145 Å². The van der Waals surface area contributed by atoms with E-state index in [1.54, 1.807) is 0 Å². The molecule has 0 heterocycles. The van der Waals surface area contributed by atoms with Crippen LogP contribution in [-0.2, 0) is 27.1 Å². The normalized spacial score (nSPS) is 9.93. The highest BCUT2D eigenvalue weighted by atomic mass is 16.5. The van der Waals surface area contributed by atoms with Gasteiger partial charge in [0.25, 0.3) is 0 Å². The van der Waals surface area contributed by atoms with Crippen molar-refractivity contribution in [2.45, 2.75) is 67.4 Å². The SMILES string of the molecule is CC.CC.CCc1ccc(CC)cc1.COCC(O)COC(C)=O.c1ccc2ccccc2c1.c1ccc2ccccc2c1. The highest BCUT2D eigenvalue weighted by Crippen LogP contribution is 2.12. The van der Waals surface area contributed by atoms with Crippen LogP contribution in [0.3, 0.4) is 0 Å². The zero-order valence-corrected chi connectivity index (χ0v) is 28.1. The lowest BCUT2D eigenvalue weighted by Gasteiger charge is -2.07. The monoisotopic (exact) mass is 598 g/mol. The summed E-state index contributed by atoms with van der Waals surface area (Å²) in [5, 5.41) is 14.1. The molecule has 0 fully saturated rings. The number of carbonyl (C=O) groups excluding carboxylic acids is 1. The van der Waals surface area contributed by atoms with Gasteiger partial charge in [-0.3, -0.25) is 4.79 Å². The Bertz CT molecular complexity index is 1150. The van der Waals surface area contributed by atoms with E-state index in [1.165, 1.54) is 46.7 Å². The molecule has 5 aromatic carbocycles. The molecule has 0 spiro atoms. The summed E-state index contributed by atoms with van der Waals surface area (Å²) in [6, 6.07) is 42.3. The summed E-state index contributed by atoms with van der Waals surface area (Å²) in [6.07, 6.45) is 1.57. The first-order valence-corrected chi connectivity index (χ1v) is 15.7. The third-order valence-corrected chi connectivity index (χ3v) is 5.99. The lowest BCUT2D eigenvalue weighted by molar-refractivity contribution is -0.144. The average Bonchev–Trinajstić information content (AvgIpc) is 3.10. The molecule has 1 unspecified atom stereocenters. The smallest absolute Gasteiger partial charge is 0.302 e. The van der Waals surface area contributed by atoms with Crippen LogP contribution in [0.15, 0.2) is 121 Å². The number of ether oxygens (including phenoxy) is 2. The number of carbonyl (C=O) groups is 1. The second-order valence-corrected chi connectivity index (χ2v) is 9.13. The summed E-state index contributed by atoms with van der Waals surface area (Å²) in [5.41, 5.74) is 2.86. The molecule has 0 saturated carbocycles. The summed E-state index contributed by atoms with van der Waals surface area (Å²) < 4.78 is 9.08. The Labute approximate surface area is 266 Å². The number of esters is 1. The zero-order valence-electron chi connectivity index (χ0n) is 28.1. The lowest BCUT2D eigenvalue weighted by atomic mass is 10.1. The van der Waals surface area contributed by atoms with Gasteiger partial charge >= 0.3 is 5.97 Å². The van der Waals surface area contributed by atoms with Gasteiger partial charge in [0.05, 0.1) is 6.61 Å². The standard InChI is InChI=1S/2C10H8.C10H14.C6H12O4.2C2H6/c2*1-2-6-10-8-4-3-7-9(10)5-1;1-3-9-5-7-10(4-2)8-6-9;1-5(7)10-4-6(8)3-9-2;2*1-2/h2*1-8H;5-8H,3-4H2,1-2H3;6,8H,3-4H2,1-2H3;2*1-2H3. The fourth-order valence-electron chi connectivity index (χ4n) is 3.73. The molecule has 4 nitrogen and oxygen atoms in total. The van der Waals surface area contributed by atoms with Crippen LogP contribution in [0.4, 0.5) is 0 Å². The van der Waals surface area contributed by atoms with Crippen molar-refractivity contribution >= 4 is 27.5 Å². The van der Waals surface area contributed by atoms with E-state index in [-0.39, 0.29) is 13.2 Å². The maximum Gasteiger partial charge on any atom is 0.302 e. The van der Waals surface area contributed by atoms with Crippen LogP contribution in [0.1, 0.15) is 59.6 Å². The molecule has 0 aromatic heterocycles. The molecule has 44 heavy (non-hydrogen) atoms. The van der Waals surface area contributed by atoms with E-state index >= 15 is 0 Å². The van der Waals surface area contributed by atoms with E-state index in [0.717, 1.165) is 12.8 Å². The van der Waals surface area contributed by atoms with Gasteiger partial charge in [-0.2, -0.15) is 0 Å². The first-order valence-electron chi connectivity index (χ1n) is 15.7. The van der Waals surface area contributed by atoms with E-state index in [9.17, 15) is 4.79 Å². The van der Waals surface area contributed by atoms with Gasteiger partial charge in [0.1, 0.15) is 12.7 Å². The first kappa shape index (κ1) is 40.0. The van der Waals surface area contributed by atoms with Crippen molar-refractivity contribution in [2.75, 3.05) is 20.3 Å². The Morgan fingerprint density at radius 1 is 0.568 bits per heavy atom. The number of aryl methyl sites for hydroxylation is 2. The second-order valence-electron chi connectivity index (χ2n) is 9.13. The molecule has 4 heteroatoms. The van der Waals surface area contributed by atoms with Crippen molar-refractivity contribution in [2.24, 2.45) is 0 Å². The van der Waals surface area contributed by atoms with E-state index in [4.69, 9.17) is 5.11 Å². The molecule has 0 aliphatic heterocycles. The molecule has 5 aromatic rings. The van der Waals surface area contributed by atoms with Crippen molar-refractivity contribution in [1.82, 2.24) is 0 Å². The van der Waals surface area contributed by atoms with Crippen LogP contribution in [0.2, 0.25) is 0 Å². The summed E-state index contributed by atoms with van der Waals surface area (Å²) >= 11 is 0. The summed E-state index contributed by atoms with van der Waals surface area (Å²) in [5.74, 6) is -0.393. The number of aliphatic hydroxyl groups is 1. The Morgan fingerprint density at radius 3 is 1.05 bits per heavy atom. The highest BCUT2D eigenvalue weighted by molar-refractivity contribution is 5.82. The molecular formula is C40H54O4. The molecule has 0 saturated heterocycles. The van der Waals surface area contributed by atoms with Gasteiger partial charge in [0.2, 0.25) is 0 Å². The third kappa shape index (κ3) is 17.8. The van der Waals surface area contributed by atoms with E-state index in [0.29, 0.717) is 0 Å². The van der Waals surface area contributed by atoms with Crippen molar-refractivity contribution in [3.8, 4) is 0 Å². The predicted octanol–water partition coefficient (Wildman–Crippen LogP) is 10.1. The first-order chi connectivity index (χ1) is 21.5. The van der Waals surface area contributed by atoms with Crippen LogP contribution in [0.5, 0.6) is 0 Å². The number of methoxy groups -OCH3 is 1. The maximum absolute atomic E-state index is 10.2. The molecular weight excluding hydrogens is 544 g/mol. The number of hydrogen-bond acceptors (Lipinski definition) is 4. The van der Waals surface area contributed by atoms with Crippen LogP contribution < -0.4 is 0 Å². The summed E-state index contributed by atoms with van der Waals surface area (Å²) in [4.78, 5) is 10.2. The van der Waals surface area contributed by atoms with Gasteiger partial charge in [0, 0.05) is 14.0 Å². The number of fused-ring (bicyclic) bond motifs is 2. The number of aliphatic hydroxyl groups excluding tert-OH is 1. The molecule has 1 N–H and O–H groups in total. The minimum Gasteiger partial charge on any atom is -0.463 e. The quantitative estimate of drug-likeness (QED) is 0.198. The molecule has 1 atom stereocenters. The Balaban J connectivity index is 0.000000539. The number of hydrogen-bond donors (Lipinski definition) is 1. The van der Waals surface area contributed by atoms with Crippen molar-refractivity contribution < 1.29 is 19.4 Å². The molecule has 0 bridgehead atoms. The minimum atomic E-state index is -0.714. The summed E-state index contributed by atoms with van der Waals surface area (Å²) in [6.45, 7) is 13.8. The van der Waals surface area contributed by atoms with Gasteiger partial charge in [-0.15, -0.1) is 0 Å². The van der Waals surface area contributed by atoms with Crippen LogP contribution >= 0.6 is 0 Å². The van der Waals surface area contributed by atoms with Gasteiger partial charge in [-0.05, 0) is 45.5 Å². The maximum atomic E-state index is 10.2. The molecule has 0 aliphatic carbocycles. The van der Waals surface area contributed by atoms with Gasteiger partial charge in [-0.1, -0.05) is 163 Å². The third-order valence-electron chi connectivity index (χ3n) is 5.99. The second kappa shape index (κ2) is 26.6. The fraction of sp³-hybridized carbons (Fsp3) is 0.325. The Morgan fingerprint density at radius 2 is 0.841 bits per heavy atom. The Hall–Kier alpha value is -3.99. The fourth-order valence-corrected chi connectivity index (χ4v) is 3.73. The van der Waals surface area contributed by atoms with Crippen molar-refractivity contribution in [3.63, 3.8) is 0 Å². The number of benzene rings is 5. The predicted molar refractivity (Wildman–Crippen MR) is 190 cm³/mol. The zero-order chi connectivity index (χ0) is 33.0. The molecule has 5 rings (SSSR count). The lowest BCUT2D eigenvalue weighted by Crippen LogP contribution is -2.22. The van der Waals surface area contributed by atoms with Crippen molar-refractivity contribution in [3.05, 3.63) is 132 Å². The highest BCUT2D eigenvalue weighted by Gasteiger charge is 2.04. The molecule has 0 aliphatic rings. The molecule has 0 radical (unpaired) electrons. The van der Waals surface area contributed by atoms with E-state index < -0.39 is 12.1 Å². The van der Waals surface area contributed by atoms with E-state index in [1.807, 2.05) is 27.7 Å². The van der Waals surface area contributed by atoms with Gasteiger partial charge in [0.15, 0.2) is 0 Å². The van der Waals surface area contributed by atoms with Crippen LogP contribution in [0.25, 0.3) is 21.5 Å². The average molecular weight is 599 g/mol. The van der Waals surface area contributed by atoms with Crippen molar-refractivity contribution in [1.29, 1.82) is 0 Å². The van der Waals surface area contributed by atoms with Crippen LogP contribution in [-0.4, -0.2) is 37.5 Å². The molecule has 0 amide bonds. The largest absolute Gasteiger partial charge is 0.463 e. The van der Waals surface area contributed by atoms with Crippen LogP contribution in [0, 0.1) is 0 Å². The Kier molecular flexibility index (Phi) is 24.2. The summed E-state index contributed by atoms with van der Waals surface area (Å²) in [7, 11) is 1.47. The topological polar surface area (TPSA) is 55.8 Å².